The Kier molecular flexibility index (Phi) is 7.63. The van der Waals surface area contributed by atoms with Crippen LogP contribution in [0.1, 0.15) is 47.8 Å². The van der Waals surface area contributed by atoms with Gasteiger partial charge in [0.15, 0.2) is 5.78 Å². The molecule has 38 heavy (non-hydrogen) atoms. The number of Topliss-reactive ketones (excluding diaryl/α,β-unsaturated/α-hetero) is 1. The van der Waals surface area contributed by atoms with Gasteiger partial charge < -0.3 is 9.64 Å². The minimum absolute atomic E-state index is 0.0682. The number of nitrogens with zero attached hydrogens (tertiary/aromatic N) is 4. The minimum atomic E-state index is -0.481. The number of rotatable bonds is 7. The second kappa shape index (κ2) is 11.1. The average Bonchev–Trinajstić information content (AvgIpc) is 3.51. The molecule has 1 amide bonds. The van der Waals surface area contributed by atoms with Gasteiger partial charge in [0.2, 0.25) is 0 Å². The number of thiophene rings is 1. The summed E-state index contributed by atoms with van der Waals surface area (Å²) < 4.78 is 8.55. The van der Waals surface area contributed by atoms with Crippen LogP contribution >= 0.6 is 11.3 Å². The Morgan fingerprint density at radius 1 is 0.974 bits per heavy atom. The van der Waals surface area contributed by atoms with Crippen LogP contribution < -0.4 is 0 Å². The van der Waals surface area contributed by atoms with E-state index in [1.807, 2.05) is 49.8 Å². The maximum Gasteiger partial charge on any atom is 0.410 e. The first-order valence-electron chi connectivity index (χ1n) is 13.0. The molecule has 5 rings (SSSR count). The first kappa shape index (κ1) is 26.1. The number of hydrogen-bond acceptors (Lipinski definition) is 6. The van der Waals surface area contributed by atoms with Gasteiger partial charge in [0.1, 0.15) is 5.60 Å². The summed E-state index contributed by atoms with van der Waals surface area (Å²) in [6.45, 7) is 10.1. The van der Waals surface area contributed by atoms with Crippen LogP contribution in [0.25, 0.3) is 10.1 Å². The van der Waals surface area contributed by atoms with Gasteiger partial charge in [0, 0.05) is 50.0 Å². The van der Waals surface area contributed by atoms with Crippen molar-refractivity contribution in [3.8, 4) is 0 Å². The molecule has 1 saturated heterocycles. The molecule has 1 aliphatic rings. The monoisotopic (exact) mass is 530 g/mol. The molecule has 0 spiro atoms. The van der Waals surface area contributed by atoms with Gasteiger partial charge in [-0.3, -0.25) is 14.4 Å². The van der Waals surface area contributed by atoms with Gasteiger partial charge in [-0.15, -0.1) is 11.3 Å². The number of fused-ring (bicyclic) bond motifs is 1. The molecule has 0 aliphatic carbocycles. The van der Waals surface area contributed by atoms with Crippen LogP contribution in [0, 0.1) is 0 Å². The van der Waals surface area contributed by atoms with E-state index in [0.717, 1.165) is 30.8 Å². The first-order valence-corrected chi connectivity index (χ1v) is 13.9. The van der Waals surface area contributed by atoms with Gasteiger partial charge >= 0.3 is 6.09 Å². The molecule has 0 bridgehead atoms. The second-order valence-corrected chi connectivity index (χ2v) is 11.8. The van der Waals surface area contributed by atoms with Crippen molar-refractivity contribution in [1.29, 1.82) is 0 Å². The normalized spacial score (nSPS) is 14.7. The number of benzene rings is 2. The minimum Gasteiger partial charge on any atom is -0.444 e. The van der Waals surface area contributed by atoms with E-state index >= 15 is 0 Å². The molecule has 3 heterocycles. The predicted molar refractivity (Wildman–Crippen MR) is 151 cm³/mol. The third-order valence-electron chi connectivity index (χ3n) is 6.64. The van der Waals surface area contributed by atoms with Crippen molar-refractivity contribution in [1.82, 2.24) is 19.6 Å². The van der Waals surface area contributed by atoms with E-state index in [9.17, 15) is 9.59 Å². The van der Waals surface area contributed by atoms with Crippen molar-refractivity contribution in [3.05, 3.63) is 88.6 Å². The largest absolute Gasteiger partial charge is 0.444 e. The second-order valence-electron chi connectivity index (χ2n) is 10.8. The third-order valence-corrected chi connectivity index (χ3v) is 7.66. The Hall–Kier alpha value is -3.49. The molecule has 0 radical (unpaired) electrons. The van der Waals surface area contributed by atoms with Crippen molar-refractivity contribution >= 4 is 33.3 Å². The van der Waals surface area contributed by atoms with Gasteiger partial charge in [0.25, 0.3) is 0 Å². The number of aromatic nitrogens is 2. The summed E-state index contributed by atoms with van der Waals surface area (Å²) in [5.41, 5.74) is 3.57. The molecule has 1 fully saturated rings. The maximum atomic E-state index is 13.0. The van der Waals surface area contributed by atoms with E-state index in [0.29, 0.717) is 31.6 Å². The summed E-state index contributed by atoms with van der Waals surface area (Å²) in [4.78, 5) is 29.6. The summed E-state index contributed by atoms with van der Waals surface area (Å²) in [5.74, 6) is 0.0682. The van der Waals surface area contributed by atoms with Crippen LogP contribution in [-0.2, 0) is 24.2 Å². The maximum absolute atomic E-state index is 13.0. The molecule has 4 aromatic rings. The molecular weight excluding hydrogens is 496 g/mol. The number of piperazine rings is 1. The smallest absolute Gasteiger partial charge is 0.410 e. The van der Waals surface area contributed by atoms with Crippen LogP contribution in [-0.4, -0.2) is 63.2 Å². The summed E-state index contributed by atoms with van der Waals surface area (Å²) in [7, 11) is 0. The Morgan fingerprint density at radius 3 is 2.47 bits per heavy atom. The Labute approximate surface area is 227 Å². The standard InChI is InChI=1S/C30H34N4O3S/c1-30(2,3)37-29(36)33-13-11-32(12-14-33)19-25-21-38-28-10-9-23(15-26(25)28)16-27(35)24-17-31-34(20-24)18-22-7-5-4-6-8-22/h4-10,15,17,20-21H,11-14,16,18-19H2,1-3H3. The number of ether oxygens (including phenoxy) is 1. The quantitative estimate of drug-likeness (QED) is 0.290. The molecule has 0 saturated carbocycles. The van der Waals surface area contributed by atoms with E-state index in [-0.39, 0.29) is 11.9 Å². The van der Waals surface area contributed by atoms with E-state index in [4.69, 9.17) is 4.74 Å². The van der Waals surface area contributed by atoms with Crippen molar-refractivity contribution in [2.45, 2.75) is 45.9 Å². The molecule has 0 N–H and O–H groups in total. The molecule has 1 aliphatic heterocycles. The molecular formula is C30H34N4O3S. The van der Waals surface area contributed by atoms with Crippen molar-refractivity contribution < 1.29 is 14.3 Å². The van der Waals surface area contributed by atoms with Crippen LogP contribution in [0.4, 0.5) is 4.79 Å². The van der Waals surface area contributed by atoms with Gasteiger partial charge in [0.05, 0.1) is 18.3 Å². The van der Waals surface area contributed by atoms with Crippen molar-refractivity contribution in [2.24, 2.45) is 0 Å². The van der Waals surface area contributed by atoms with E-state index in [1.54, 1.807) is 22.4 Å². The van der Waals surface area contributed by atoms with E-state index < -0.39 is 5.60 Å². The Morgan fingerprint density at radius 2 is 1.74 bits per heavy atom. The first-order chi connectivity index (χ1) is 18.2. The van der Waals surface area contributed by atoms with Gasteiger partial charge in [-0.1, -0.05) is 36.4 Å². The van der Waals surface area contributed by atoms with Gasteiger partial charge in [-0.05, 0) is 60.4 Å². The van der Waals surface area contributed by atoms with Crippen molar-refractivity contribution in [3.63, 3.8) is 0 Å². The highest BCUT2D eigenvalue weighted by Crippen LogP contribution is 2.29. The summed E-state index contributed by atoms with van der Waals surface area (Å²) in [6.07, 6.45) is 3.60. The topological polar surface area (TPSA) is 67.7 Å². The average molecular weight is 531 g/mol. The van der Waals surface area contributed by atoms with Crippen LogP contribution in [0.2, 0.25) is 0 Å². The highest BCUT2D eigenvalue weighted by molar-refractivity contribution is 7.17. The lowest BCUT2D eigenvalue weighted by molar-refractivity contribution is 0.0139. The fraction of sp³-hybridized carbons (Fsp3) is 0.367. The molecule has 198 valence electrons. The van der Waals surface area contributed by atoms with Gasteiger partial charge in [-0.2, -0.15) is 5.10 Å². The third kappa shape index (κ3) is 6.49. The molecule has 7 nitrogen and oxygen atoms in total. The fourth-order valence-corrected chi connectivity index (χ4v) is 5.60. The lowest BCUT2D eigenvalue weighted by Gasteiger charge is -2.35. The molecule has 8 heteroatoms. The lowest BCUT2D eigenvalue weighted by atomic mass is 10.0. The molecule has 2 aromatic heterocycles. The Balaban J connectivity index is 1.20. The number of carbonyl (C=O) groups is 2. The number of carbonyl (C=O) groups excluding carboxylic acids is 2. The van der Waals surface area contributed by atoms with E-state index in [2.05, 4.69) is 45.7 Å². The van der Waals surface area contributed by atoms with Crippen LogP contribution in [0.3, 0.4) is 0 Å². The Bertz CT molecular complexity index is 1410. The lowest BCUT2D eigenvalue weighted by Crippen LogP contribution is -2.49. The number of hydrogen-bond donors (Lipinski definition) is 0. The molecule has 0 unspecified atom stereocenters. The zero-order valence-corrected chi connectivity index (χ0v) is 23.0. The predicted octanol–water partition coefficient (Wildman–Crippen LogP) is 5.62. The summed E-state index contributed by atoms with van der Waals surface area (Å²) >= 11 is 1.73. The van der Waals surface area contributed by atoms with E-state index in [1.165, 1.54) is 15.6 Å². The van der Waals surface area contributed by atoms with Crippen molar-refractivity contribution in [2.75, 3.05) is 26.2 Å². The highest BCUT2D eigenvalue weighted by Gasteiger charge is 2.26. The fourth-order valence-electron chi connectivity index (χ4n) is 4.67. The molecule has 2 aromatic carbocycles. The van der Waals surface area contributed by atoms with Crippen LogP contribution in [0.15, 0.2) is 66.3 Å². The summed E-state index contributed by atoms with van der Waals surface area (Å²) in [5, 5.41) is 7.80. The SMILES string of the molecule is CC(C)(C)OC(=O)N1CCN(Cc2csc3ccc(CC(=O)c4cnn(Cc5ccccc5)c4)cc23)CC1. The molecule has 0 atom stereocenters. The number of ketones is 1. The summed E-state index contributed by atoms with van der Waals surface area (Å²) in [6, 6.07) is 16.4. The van der Waals surface area contributed by atoms with Gasteiger partial charge in [-0.25, -0.2) is 4.79 Å². The number of amides is 1. The zero-order chi connectivity index (χ0) is 26.7. The highest BCUT2D eigenvalue weighted by atomic mass is 32.1. The zero-order valence-electron chi connectivity index (χ0n) is 22.2. The van der Waals surface area contributed by atoms with Crippen LogP contribution in [0.5, 0.6) is 0 Å².